The van der Waals surface area contributed by atoms with E-state index in [-0.39, 0.29) is 18.0 Å². The number of aliphatic carboxylic acids is 1. The summed E-state index contributed by atoms with van der Waals surface area (Å²) in [7, 11) is 0. The molecule has 1 amide bonds. The molecule has 0 aromatic carbocycles. The highest BCUT2D eigenvalue weighted by molar-refractivity contribution is 5.83. The van der Waals surface area contributed by atoms with Gasteiger partial charge in [0.15, 0.2) is 0 Å². The number of ether oxygens (including phenoxy) is 1. The van der Waals surface area contributed by atoms with Gasteiger partial charge in [0.05, 0.1) is 0 Å². The normalized spacial score (nSPS) is 12.8. The maximum Gasteiger partial charge on any atom is 0.326 e. The van der Waals surface area contributed by atoms with E-state index in [4.69, 9.17) is 10.5 Å². The predicted molar refractivity (Wildman–Crippen MR) is 244 cm³/mol. The Hall–Kier alpha value is -2.15. The summed E-state index contributed by atoms with van der Waals surface area (Å²) >= 11 is 0. The van der Waals surface area contributed by atoms with Crippen molar-refractivity contribution in [3.63, 3.8) is 0 Å². The van der Waals surface area contributed by atoms with Gasteiger partial charge in [-0.15, -0.1) is 0 Å². The third kappa shape index (κ3) is 41.8. The van der Waals surface area contributed by atoms with Gasteiger partial charge in [-0.3, -0.25) is 9.59 Å². The van der Waals surface area contributed by atoms with Crippen molar-refractivity contribution in [1.29, 1.82) is 0 Å². The molecule has 0 aliphatic heterocycles. The van der Waals surface area contributed by atoms with Crippen molar-refractivity contribution in [1.82, 2.24) is 5.32 Å². The van der Waals surface area contributed by atoms with Crippen LogP contribution in [0.3, 0.4) is 0 Å². The molecule has 7 nitrogen and oxygen atoms in total. The van der Waals surface area contributed by atoms with Crippen LogP contribution in [-0.2, 0) is 19.1 Å². The van der Waals surface area contributed by atoms with E-state index in [9.17, 15) is 19.5 Å². The van der Waals surface area contributed by atoms with Crippen LogP contribution in [0.1, 0.15) is 258 Å². The number of hydrogen-bond donors (Lipinski definition) is 3. The van der Waals surface area contributed by atoms with Crippen molar-refractivity contribution in [2.45, 2.75) is 270 Å². The van der Waals surface area contributed by atoms with Crippen LogP contribution in [0.15, 0.2) is 24.3 Å². The quantitative estimate of drug-likeness (QED) is 0.0320. The summed E-state index contributed by atoms with van der Waals surface area (Å²) in [5.41, 5.74) is 5.48. The Balaban J connectivity index is 4.14. The number of carbonyl (C=O) groups is 3. The maximum atomic E-state index is 12.8. The number of rotatable bonds is 45. The number of esters is 1. The number of hydrogen-bond acceptors (Lipinski definition) is 5. The fraction of sp³-hybridized carbons (Fsp3) is 0.860. The van der Waals surface area contributed by atoms with Gasteiger partial charge in [0.1, 0.15) is 12.1 Å². The first-order valence-electron chi connectivity index (χ1n) is 24.7. The number of unbranched alkanes of at least 4 members (excludes halogenated alkanes) is 29. The first kappa shape index (κ1) is 54.9. The monoisotopic (exact) mass is 803 g/mol. The van der Waals surface area contributed by atoms with Gasteiger partial charge in [-0.05, 0) is 70.4 Å². The van der Waals surface area contributed by atoms with E-state index in [1.54, 1.807) is 0 Å². The Morgan fingerprint density at radius 3 is 1.44 bits per heavy atom. The van der Waals surface area contributed by atoms with Crippen LogP contribution >= 0.6 is 0 Å². The van der Waals surface area contributed by atoms with Gasteiger partial charge in [-0.25, -0.2) is 4.79 Å². The lowest BCUT2D eigenvalue weighted by Gasteiger charge is -2.15. The molecule has 0 fully saturated rings. The van der Waals surface area contributed by atoms with Gasteiger partial charge in [0.25, 0.3) is 0 Å². The molecular formula is C50H94N2O5. The van der Waals surface area contributed by atoms with Crippen molar-refractivity contribution < 1.29 is 24.2 Å². The second-order valence-electron chi connectivity index (χ2n) is 16.9. The first-order valence-corrected chi connectivity index (χ1v) is 24.7. The second kappa shape index (κ2) is 44.9. The molecule has 0 saturated heterocycles. The summed E-state index contributed by atoms with van der Waals surface area (Å²) in [5.74, 6) is -1.27. The molecule has 7 heteroatoms. The van der Waals surface area contributed by atoms with Crippen LogP contribution in [-0.4, -0.2) is 41.6 Å². The lowest BCUT2D eigenvalue weighted by atomic mass is 10.0. The van der Waals surface area contributed by atoms with Crippen LogP contribution in [0.25, 0.3) is 0 Å². The van der Waals surface area contributed by atoms with Crippen molar-refractivity contribution >= 4 is 17.8 Å². The van der Waals surface area contributed by atoms with E-state index < -0.39 is 12.0 Å². The average molecular weight is 803 g/mol. The van der Waals surface area contributed by atoms with Crippen LogP contribution < -0.4 is 11.1 Å². The molecule has 2 atom stereocenters. The average Bonchev–Trinajstić information content (AvgIpc) is 3.20. The molecule has 0 aliphatic carbocycles. The van der Waals surface area contributed by atoms with Crippen molar-refractivity contribution in [2.24, 2.45) is 5.73 Å². The van der Waals surface area contributed by atoms with Crippen LogP contribution in [0.5, 0.6) is 0 Å². The third-order valence-corrected chi connectivity index (χ3v) is 11.3. The van der Waals surface area contributed by atoms with E-state index in [0.717, 1.165) is 70.6 Å². The van der Waals surface area contributed by atoms with E-state index in [1.807, 2.05) is 0 Å². The summed E-state index contributed by atoms with van der Waals surface area (Å²) in [6, 6.07) is -0.855. The summed E-state index contributed by atoms with van der Waals surface area (Å²) in [6.45, 7) is 4.94. The van der Waals surface area contributed by atoms with Crippen molar-refractivity contribution in [2.75, 3.05) is 6.54 Å². The van der Waals surface area contributed by atoms with E-state index in [1.165, 1.54) is 148 Å². The van der Waals surface area contributed by atoms with Gasteiger partial charge in [-0.2, -0.15) is 0 Å². The molecule has 0 radical (unpaired) electrons. The minimum atomic E-state index is -1.00. The molecule has 0 heterocycles. The second-order valence-corrected chi connectivity index (χ2v) is 16.9. The highest BCUT2D eigenvalue weighted by Gasteiger charge is 2.18. The predicted octanol–water partition coefficient (Wildman–Crippen LogP) is 14.4. The topological polar surface area (TPSA) is 119 Å². The molecule has 2 unspecified atom stereocenters. The molecule has 0 aromatic heterocycles. The molecular weight excluding hydrogens is 709 g/mol. The zero-order valence-electron chi connectivity index (χ0n) is 37.7. The molecule has 0 saturated carbocycles. The van der Waals surface area contributed by atoms with Crippen molar-refractivity contribution in [3.8, 4) is 0 Å². The molecule has 334 valence electrons. The molecule has 0 bridgehead atoms. The third-order valence-electron chi connectivity index (χ3n) is 11.3. The minimum Gasteiger partial charge on any atom is -0.480 e. The molecule has 0 rings (SSSR count). The van der Waals surface area contributed by atoms with Gasteiger partial charge in [0, 0.05) is 12.8 Å². The summed E-state index contributed by atoms with van der Waals surface area (Å²) in [4.78, 5) is 36.3. The first-order chi connectivity index (χ1) is 27.9. The summed E-state index contributed by atoms with van der Waals surface area (Å²) < 4.78 is 5.97. The zero-order valence-corrected chi connectivity index (χ0v) is 37.7. The SMILES string of the molecule is CCCCCC/C=C\C/C=C\C(CCCCCCCCC(=O)NC(CCCN)C(=O)O)OC(=O)CCCCCCCCCCCCCCCCCCCCCCC. The highest BCUT2D eigenvalue weighted by Crippen LogP contribution is 2.17. The van der Waals surface area contributed by atoms with Gasteiger partial charge < -0.3 is 20.9 Å². The van der Waals surface area contributed by atoms with E-state index >= 15 is 0 Å². The standard InChI is InChI=1S/C50H94N2O5/c1-3-5-7-9-11-13-14-15-16-17-18-19-20-21-22-23-24-26-28-34-38-44-49(54)57-46(40-35-31-27-25-12-10-8-6-4-2)41-36-32-29-30-33-37-43-48(53)52-47(50(55)56)42-39-45-51/h25,27,35,40,46-47H,3-24,26,28-34,36-39,41-45,51H2,1-2H3,(H,52,53)(H,55,56)/b27-25-,40-35-. The molecule has 4 N–H and O–H groups in total. The molecule has 57 heavy (non-hydrogen) atoms. The Labute approximate surface area is 353 Å². The number of nitrogens with two attached hydrogens (primary N) is 1. The molecule has 0 spiro atoms. The Morgan fingerprint density at radius 1 is 0.526 bits per heavy atom. The largest absolute Gasteiger partial charge is 0.480 e. The highest BCUT2D eigenvalue weighted by atomic mass is 16.5. The van der Waals surface area contributed by atoms with Crippen LogP contribution in [0.2, 0.25) is 0 Å². The lowest BCUT2D eigenvalue weighted by molar-refractivity contribution is -0.147. The Bertz CT molecular complexity index is 951. The van der Waals surface area contributed by atoms with Gasteiger partial charge in [-0.1, -0.05) is 205 Å². The van der Waals surface area contributed by atoms with Gasteiger partial charge in [0.2, 0.25) is 5.91 Å². The van der Waals surface area contributed by atoms with Crippen molar-refractivity contribution in [3.05, 3.63) is 24.3 Å². The fourth-order valence-corrected chi connectivity index (χ4v) is 7.52. The van der Waals surface area contributed by atoms with E-state index in [0.29, 0.717) is 32.2 Å². The Kier molecular flexibility index (Phi) is 43.2. The fourth-order valence-electron chi connectivity index (χ4n) is 7.52. The Morgan fingerprint density at radius 2 is 0.965 bits per heavy atom. The van der Waals surface area contributed by atoms with Gasteiger partial charge >= 0.3 is 11.9 Å². The molecule has 0 aliphatic rings. The lowest BCUT2D eigenvalue weighted by Crippen LogP contribution is -2.40. The number of amides is 1. The zero-order chi connectivity index (χ0) is 41.7. The minimum absolute atomic E-state index is 0.0691. The maximum absolute atomic E-state index is 12.8. The van der Waals surface area contributed by atoms with Crippen LogP contribution in [0.4, 0.5) is 0 Å². The number of carboxylic acids is 1. The van der Waals surface area contributed by atoms with E-state index in [2.05, 4.69) is 43.5 Å². The number of carbonyl (C=O) groups excluding carboxylic acids is 2. The number of allylic oxidation sites excluding steroid dienone is 3. The summed E-state index contributed by atoms with van der Waals surface area (Å²) in [5, 5.41) is 11.9. The molecule has 0 aromatic rings. The summed E-state index contributed by atoms with van der Waals surface area (Å²) in [6.07, 6.45) is 52.6. The smallest absolute Gasteiger partial charge is 0.326 e. The van der Waals surface area contributed by atoms with Crippen LogP contribution in [0, 0.1) is 0 Å². The number of carboxylic acid groups (broad SMARTS) is 1. The number of nitrogens with one attached hydrogen (secondary N) is 1.